The number of ether oxygens (including phenoxy) is 1. The minimum Gasteiger partial charge on any atom is -0.457 e. The number of aryl methyl sites for hydroxylation is 2. The summed E-state index contributed by atoms with van der Waals surface area (Å²) >= 11 is 0. The molecule has 0 fully saturated rings. The van der Waals surface area contributed by atoms with Gasteiger partial charge in [-0.25, -0.2) is 9.97 Å². The molecule has 6 aromatic carbocycles. The van der Waals surface area contributed by atoms with Crippen molar-refractivity contribution in [3.05, 3.63) is 132 Å². The van der Waals surface area contributed by atoms with Crippen LogP contribution in [-0.4, -0.2) is 18.8 Å². The van der Waals surface area contributed by atoms with Crippen LogP contribution in [0.3, 0.4) is 0 Å². The molecule has 10 aromatic rings. The van der Waals surface area contributed by atoms with E-state index in [1.807, 2.05) is 12.1 Å². The van der Waals surface area contributed by atoms with Gasteiger partial charge in [0.15, 0.2) is 0 Å². The Morgan fingerprint density at radius 3 is 1.58 bits per heavy atom. The summed E-state index contributed by atoms with van der Waals surface area (Å²) in [5.74, 6) is 1.53. The van der Waals surface area contributed by atoms with E-state index in [9.17, 15) is 0 Å². The number of pyridine rings is 2. The van der Waals surface area contributed by atoms with Crippen LogP contribution in [0.1, 0.15) is 11.1 Å². The Hall–Kier alpha value is -5.94. The van der Waals surface area contributed by atoms with Crippen LogP contribution in [0.4, 0.5) is 0 Å². The Labute approximate surface area is 257 Å². The lowest BCUT2D eigenvalue weighted by molar-refractivity contribution is 0.484. The van der Waals surface area contributed by atoms with E-state index in [0.717, 1.165) is 66.5 Å². The Bertz CT molecular complexity index is 2880. The molecule has 0 unspecified atom stereocenters. The number of rotatable bonds is 2. The first kappa shape index (κ1) is 24.5. The van der Waals surface area contributed by atoms with Gasteiger partial charge in [0.2, 0.25) is 0 Å². The average Bonchev–Trinajstić information content (AvgIpc) is 3.66. The smallest absolute Gasteiger partial charge is 0.146 e. The average molecular weight is 579 g/mol. The maximum Gasteiger partial charge on any atom is 0.146 e. The van der Waals surface area contributed by atoms with Gasteiger partial charge in [-0.2, -0.15) is 0 Å². The van der Waals surface area contributed by atoms with Gasteiger partial charge in [0.1, 0.15) is 22.8 Å². The summed E-state index contributed by atoms with van der Waals surface area (Å²) in [4.78, 5) is 10.2. The van der Waals surface area contributed by atoms with E-state index in [1.54, 1.807) is 0 Å². The van der Waals surface area contributed by atoms with E-state index >= 15 is 0 Å². The summed E-state index contributed by atoms with van der Waals surface area (Å²) in [5.41, 5.74) is 10.9. The number of hydrogen-bond acceptors (Lipinski definition) is 3. The highest BCUT2D eigenvalue weighted by atomic mass is 16.5. The number of hydrogen-bond donors (Lipinski definition) is 0. The number of benzene rings is 6. The van der Waals surface area contributed by atoms with Crippen LogP contribution < -0.4 is 4.74 Å². The zero-order valence-corrected chi connectivity index (χ0v) is 24.7. The van der Waals surface area contributed by atoms with E-state index in [4.69, 9.17) is 14.7 Å². The van der Waals surface area contributed by atoms with Gasteiger partial charge in [0.25, 0.3) is 0 Å². The number of para-hydroxylation sites is 5. The summed E-state index contributed by atoms with van der Waals surface area (Å²) in [7, 11) is 0. The van der Waals surface area contributed by atoms with Crippen LogP contribution in [0, 0.1) is 13.8 Å². The van der Waals surface area contributed by atoms with Gasteiger partial charge in [-0.05, 0) is 115 Å². The van der Waals surface area contributed by atoms with Gasteiger partial charge >= 0.3 is 0 Å². The summed E-state index contributed by atoms with van der Waals surface area (Å²) in [5, 5.41) is 6.84. The largest absolute Gasteiger partial charge is 0.457 e. The fourth-order valence-electron chi connectivity index (χ4n) is 7.15. The maximum absolute atomic E-state index is 6.63. The zero-order chi connectivity index (χ0) is 29.8. The molecule has 5 nitrogen and oxygen atoms in total. The van der Waals surface area contributed by atoms with Crippen molar-refractivity contribution in [1.82, 2.24) is 18.8 Å². The molecule has 0 aliphatic heterocycles. The van der Waals surface area contributed by atoms with Crippen molar-refractivity contribution in [1.29, 1.82) is 0 Å². The minimum absolute atomic E-state index is 0.767. The first-order chi connectivity index (χ1) is 22.1. The van der Waals surface area contributed by atoms with E-state index < -0.39 is 0 Å². The highest BCUT2D eigenvalue weighted by Crippen LogP contribution is 2.38. The van der Waals surface area contributed by atoms with Gasteiger partial charge in [-0.15, -0.1) is 0 Å². The predicted molar refractivity (Wildman–Crippen MR) is 185 cm³/mol. The highest BCUT2D eigenvalue weighted by molar-refractivity contribution is 6.15. The van der Waals surface area contributed by atoms with Gasteiger partial charge < -0.3 is 4.74 Å². The normalized spacial score (nSPS) is 12.2. The molecule has 10 rings (SSSR count). The first-order valence-electron chi connectivity index (χ1n) is 15.3. The molecule has 0 spiro atoms. The van der Waals surface area contributed by atoms with E-state index in [1.165, 1.54) is 32.8 Å². The SMILES string of the molecule is Cc1cc2c3ccc(Oc4ccc5c6ccccc6n6c7ccccc7nc6c5c4)cc3c3nc4ccccc4n3c2cc1C. The number of aromatic nitrogens is 4. The number of nitrogens with zero attached hydrogens (tertiary/aromatic N) is 4. The minimum atomic E-state index is 0.767. The summed E-state index contributed by atoms with van der Waals surface area (Å²) in [6, 6.07) is 42.5. The molecule has 0 aliphatic carbocycles. The van der Waals surface area contributed by atoms with Crippen molar-refractivity contribution < 1.29 is 4.74 Å². The second kappa shape index (κ2) is 8.80. The van der Waals surface area contributed by atoms with Crippen molar-refractivity contribution in [2.75, 3.05) is 0 Å². The molecule has 212 valence electrons. The third-order valence-corrected chi connectivity index (χ3v) is 9.40. The Morgan fingerprint density at radius 2 is 0.933 bits per heavy atom. The standard InChI is InChI=1S/C40H26N4O/c1-23-19-30-28-18-16-26(22-32(28)40-42-34-11-5-8-14-37(34)44(40)38(30)20-24(23)2)45-25-15-17-27-29-9-3-6-12-35(29)43-36-13-7-4-10-33(36)41-39(43)31(27)21-25/h3-22H,1-2H3. The molecule has 0 N–H and O–H groups in total. The molecule has 4 heterocycles. The lowest BCUT2D eigenvalue weighted by Gasteiger charge is -2.14. The maximum atomic E-state index is 6.63. The molecule has 0 amide bonds. The fourth-order valence-corrected chi connectivity index (χ4v) is 7.15. The number of fused-ring (bicyclic) bond motifs is 16. The molecule has 0 atom stereocenters. The van der Waals surface area contributed by atoms with Crippen LogP contribution in [0.25, 0.3) is 76.7 Å². The third kappa shape index (κ3) is 3.38. The topological polar surface area (TPSA) is 43.8 Å². The molecule has 0 radical (unpaired) electrons. The summed E-state index contributed by atoms with van der Waals surface area (Å²) in [6.07, 6.45) is 0. The van der Waals surface area contributed by atoms with Crippen LogP contribution in [0.5, 0.6) is 11.5 Å². The first-order valence-corrected chi connectivity index (χ1v) is 15.3. The monoisotopic (exact) mass is 578 g/mol. The van der Waals surface area contributed by atoms with Crippen molar-refractivity contribution in [3.63, 3.8) is 0 Å². The summed E-state index contributed by atoms with van der Waals surface area (Å²) in [6.45, 7) is 4.35. The van der Waals surface area contributed by atoms with Crippen LogP contribution in [-0.2, 0) is 0 Å². The molecule has 0 saturated heterocycles. The van der Waals surface area contributed by atoms with Crippen molar-refractivity contribution in [2.45, 2.75) is 13.8 Å². The molecule has 4 aromatic heterocycles. The molecular formula is C40H26N4O. The van der Waals surface area contributed by atoms with Gasteiger partial charge in [0, 0.05) is 21.5 Å². The third-order valence-electron chi connectivity index (χ3n) is 9.40. The fraction of sp³-hybridized carbons (Fsp3) is 0.0500. The highest BCUT2D eigenvalue weighted by Gasteiger charge is 2.17. The van der Waals surface area contributed by atoms with Crippen molar-refractivity contribution in [2.24, 2.45) is 0 Å². The van der Waals surface area contributed by atoms with Crippen molar-refractivity contribution in [3.8, 4) is 11.5 Å². The molecule has 5 heteroatoms. The van der Waals surface area contributed by atoms with Gasteiger partial charge in [0.05, 0.1) is 33.1 Å². The molecule has 0 saturated carbocycles. The molecule has 0 bridgehead atoms. The predicted octanol–water partition coefficient (Wildman–Crippen LogP) is 10.3. The lowest BCUT2D eigenvalue weighted by Crippen LogP contribution is -1.95. The molecule has 0 aliphatic rings. The van der Waals surface area contributed by atoms with Gasteiger partial charge in [-0.3, -0.25) is 8.80 Å². The van der Waals surface area contributed by atoms with E-state index in [0.29, 0.717) is 0 Å². The number of imidazole rings is 2. The quantitative estimate of drug-likeness (QED) is 0.192. The second-order valence-corrected chi connectivity index (χ2v) is 12.0. The second-order valence-electron chi connectivity index (χ2n) is 12.0. The Kier molecular flexibility index (Phi) is 4.79. The Balaban J connectivity index is 1.20. The summed E-state index contributed by atoms with van der Waals surface area (Å²) < 4.78 is 11.2. The molecular weight excluding hydrogens is 552 g/mol. The zero-order valence-electron chi connectivity index (χ0n) is 24.7. The van der Waals surface area contributed by atoms with E-state index in [2.05, 4.69) is 132 Å². The Morgan fingerprint density at radius 1 is 0.422 bits per heavy atom. The lowest BCUT2D eigenvalue weighted by atomic mass is 10.0. The van der Waals surface area contributed by atoms with Crippen LogP contribution >= 0.6 is 0 Å². The van der Waals surface area contributed by atoms with Crippen molar-refractivity contribution >= 4 is 76.7 Å². The van der Waals surface area contributed by atoms with E-state index in [-0.39, 0.29) is 0 Å². The van der Waals surface area contributed by atoms with Crippen LogP contribution in [0.2, 0.25) is 0 Å². The van der Waals surface area contributed by atoms with Crippen LogP contribution in [0.15, 0.2) is 121 Å². The molecule has 45 heavy (non-hydrogen) atoms. The van der Waals surface area contributed by atoms with Gasteiger partial charge in [-0.1, -0.05) is 42.5 Å².